The van der Waals surface area contributed by atoms with Crippen LogP contribution in [0.3, 0.4) is 0 Å². The van der Waals surface area contributed by atoms with Crippen LogP contribution in [-0.4, -0.2) is 19.6 Å². The summed E-state index contributed by atoms with van der Waals surface area (Å²) in [5.74, 6) is 0.555. The minimum absolute atomic E-state index is 0.494. The Labute approximate surface area is 132 Å². The van der Waals surface area contributed by atoms with Crippen LogP contribution in [0, 0.1) is 11.3 Å². The first kappa shape index (κ1) is 13.2. The first-order valence-corrected chi connectivity index (χ1v) is 7.11. The average molecular weight is 297 g/mol. The second kappa shape index (κ2) is 5.35. The van der Waals surface area contributed by atoms with Crippen LogP contribution in [0.2, 0.25) is 0 Å². The summed E-state index contributed by atoms with van der Waals surface area (Å²) in [6.07, 6.45) is 5.30. The maximum Gasteiger partial charge on any atom is 0.183 e. The summed E-state index contributed by atoms with van der Waals surface area (Å²) >= 11 is 0. The van der Waals surface area contributed by atoms with Gasteiger partial charge in [0.25, 0.3) is 0 Å². The van der Waals surface area contributed by atoms with Crippen molar-refractivity contribution in [1.82, 2.24) is 19.6 Å². The Balaban J connectivity index is 1.93. The number of nitriles is 1. The molecule has 0 amide bonds. The van der Waals surface area contributed by atoms with Gasteiger partial charge in [0.15, 0.2) is 11.5 Å². The van der Waals surface area contributed by atoms with E-state index in [1.807, 2.05) is 54.7 Å². The van der Waals surface area contributed by atoms with E-state index in [2.05, 4.69) is 21.1 Å². The molecule has 108 valence electrons. The second-order valence-electron chi connectivity index (χ2n) is 5.07. The van der Waals surface area contributed by atoms with Gasteiger partial charge in [0.1, 0.15) is 6.07 Å². The summed E-state index contributed by atoms with van der Waals surface area (Å²) in [6.45, 7) is 0. The highest BCUT2D eigenvalue weighted by molar-refractivity contribution is 5.70. The zero-order chi connectivity index (χ0) is 15.6. The van der Waals surface area contributed by atoms with Crippen LogP contribution in [0.4, 0.5) is 0 Å². The molecule has 0 saturated carbocycles. The van der Waals surface area contributed by atoms with Crippen molar-refractivity contribution < 1.29 is 0 Å². The molecule has 0 atom stereocenters. The van der Waals surface area contributed by atoms with Gasteiger partial charge in [-0.25, -0.2) is 9.50 Å². The van der Waals surface area contributed by atoms with E-state index in [1.165, 1.54) is 0 Å². The topological polar surface area (TPSA) is 66.9 Å². The van der Waals surface area contributed by atoms with Crippen molar-refractivity contribution in [2.75, 3.05) is 0 Å². The molecular formula is C18H11N5. The lowest BCUT2D eigenvalue weighted by Crippen LogP contribution is -1.92. The van der Waals surface area contributed by atoms with Crippen molar-refractivity contribution in [2.45, 2.75) is 0 Å². The highest BCUT2D eigenvalue weighted by atomic mass is 15.3. The van der Waals surface area contributed by atoms with Crippen LogP contribution in [0.5, 0.6) is 0 Å². The molecule has 3 heterocycles. The summed E-state index contributed by atoms with van der Waals surface area (Å²) in [4.78, 5) is 8.56. The molecule has 0 aliphatic rings. The molecule has 0 radical (unpaired) electrons. The molecule has 23 heavy (non-hydrogen) atoms. The third kappa shape index (κ3) is 2.32. The first-order chi connectivity index (χ1) is 11.3. The molecule has 0 bridgehead atoms. The van der Waals surface area contributed by atoms with Crippen LogP contribution in [0.25, 0.3) is 28.2 Å². The zero-order valence-electron chi connectivity index (χ0n) is 12.1. The first-order valence-electron chi connectivity index (χ1n) is 7.11. The Morgan fingerprint density at radius 2 is 1.78 bits per heavy atom. The molecule has 0 fully saturated rings. The predicted molar refractivity (Wildman–Crippen MR) is 86.4 cm³/mol. The van der Waals surface area contributed by atoms with Gasteiger partial charge in [0.2, 0.25) is 0 Å². The number of hydrogen-bond donors (Lipinski definition) is 0. The average Bonchev–Trinajstić information content (AvgIpc) is 3.06. The van der Waals surface area contributed by atoms with Crippen molar-refractivity contribution in [3.05, 3.63) is 72.7 Å². The third-order valence-corrected chi connectivity index (χ3v) is 3.58. The lowest BCUT2D eigenvalue weighted by atomic mass is 10.1. The Hall–Kier alpha value is -3.52. The lowest BCUT2D eigenvalue weighted by Gasteiger charge is -2.03. The maximum absolute atomic E-state index is 9.44. The van der Waals surface area contributed by atoms with Gasteiger partial charge < -0.3 is 0 Å². The van der Waals surface area contributed by atoms with Crippen molar-refractivity contribution in [1.29, 1.82) is 5.26 Å². The van der Waals surface area contributed by atoms with E-state index < -0.39 is 0 Å². The van der Waals surface area contributed by atoms with Crippen LogP contribution in [0.1, 0.15) is 5.56 Å². The zero-order valence-corrected chi connectivity index (χ0v) is 12.1. The van der Waals surface area contributed by atoms with Gasteiger partial charge in [-0.05, 0) is 23.8 Å². The fourth-order valence-electron chi connectivity index (χ4n) is 2.47. The normalized spacial score (nSPS) is 10.6. The Bertz CT molecular complexity index is 1010. The fourth-order valence-corrected chi connectivity index (χ4v) is 2.47. The quantitative estimate of drug-likeness (QED) is 0.569. The predicted octanol–water partition coefficient (Wildman–Crippen LogP) is 3.33. The van der Waals surface area contributed by atoms with Crippen LogP contribution in [-0.2, 0) is 0 Å². The highest BCUT2D eigenvalue weighted by Gasteiger charge is 2.12. The SMILES string of the molecule is N#Cc1cc(-c2ccccc2)cn2nc(-c3cccnc3)nc12. The summed E-state index contributed by atoms with van der Waals surface area (Å²) in [5.41, 5.74) is 3.82. The van der Waals surface area contributed by atoms with Gasteiger partial charge in [-0.1, -0.05) is 30.3 Å². The highest BCUT2D eigenvalue weighted by Crippen LogP contribution is 2.23. The number of hydrogen-bond acceptors (Lipinski definition) is 4. The van der Waals surface area contributed by atoms with E-state index in [0.717, 1.165) is 16.7 Å². The molecule has 0 spiro atoms. The second-order valence-corrected chi connectivity index (χ2v) is 5.07. The number of benzene rings is 1. The molecule has 0 aliphatic carbocycles. The molecule has 1 aromatic carbocycles. The van der Waals surface area contributed by atoms with E-state index in [-0.39, 0.29) is 0 Å². The van der Waals surface area contributed by atoms with Crippen LogP contribution in [0.15, 0.2) is 67.1 Å². The summed E-state index contributed by atoms with van der Waals surface area (Å²) in [6, 6.07) is 17.7. The van der Waals surface area contributed by atoms with Gasteiger partial charge >= 0.3 is 0 Å². The fraction of sp³-hybridized carbons (Fsp3) is 0. The molecule has 0 unspecified atom stereocenters. The lowest BCUT2D eigenvalue weighted by molar-refractivity contribution is 0.964. The number of pyridine rings is 2. The van der Waals surface area contributed by atoms with Crippen LogP contribution >= 0.6 is 0 Å². The molecule has 0 aliphatic heterocycles. The van der Waals surface area contributed by atoms with Gasteiger partial charge in [-0.3, -0.25) is 4.98 Å². The summed E-state index contributed by atoms with van der Waals surface area (Å²) in [5, 5.41) is 13.9. The van der Waals surface area contributed by atoms with Crippen molar-refractivity contribution in [2.24, 2.45) is 0 Å². The number of aromatic nitrogens is 4. The van der Waals surface area contributed by atoms with E-state index in [4.69, 9.17) is 0 Å². The number of rotatable bonds is 2. The summed E-state index contributed by atoms with van der Waals surface area (Å²) < 4.78 is 1.66. The third-order valence-electron chi connectivity index (χ3n) is 3.58. The van der Waals surface area contributed by atoms with E-state index in [0.29, 0.717) is 17.0 Å². The van der Waals surface area contributed by atoms with Crippen molar-refractivity contribution >= 4 is 5.65 Å². The largest absolute Gasteiger partial charge is 0.264 e. The molecule has 0 saturated heterocycles. The minimum Gasteiger partial charge on any atom is -0.264 e. The minimum atomic E-state index is 0.494. The Morgan fingerprint density at radius 3 is 2.52 bits per heavy atom. The number of fused-ring (bicyclic) bond motifs is 1. The molecule has 3 aromatic heterocycles. The van der Waals surface area contributed by atoms with Gasteiger partial charge in [0.05, 0.1) is 5.56 Å². The van der Waals surface area contributed by atoms with E-state index in [9.17, 15) is 5.26 Å². The van der Waals surface area contributed by atoms with Crippen LogP contribution < -0.4 is 0 Å². The maximum atomic E-state index is 9.44. The molecule has 4 rings (SSSR count). The molecule has 5 nitrogen and oxygen atoms in total. The molecular weight excluding hydrogens is 286 g/mol. The monoisotopic (exact) mass is 297 g/mol. The standard InChI is InChI=1S/C18H11N5/c19-10-15-9-16(13-5-2-1-3-6-13)12-23-18(15)21-17(22-23)14-7-4-8-20-11-14/h1-9,11-12H. The smallest absolute Gasteiger partial charge is 0.183 e. The molecule has 5 heteroatoms. The molecule has 4 aromatic rings. The van der Waals surface area contributed by atoms with Crippen molar-refractivity contribution in [3.8, 4) is 28.6 Å². The van der Waals surface area contributed by atoms with E-state index >= 15 is 0 Å². The summed E-state index contributed by atoms with van der Waals surface area (Å²) in [7, 11) is 0. The Kier molecular flexibility index (Phi) is 3.06. The van der Waals surface area contributed by atoms with E-state index in [1.54, 1.807) is 16.9 Å². The van der Waals surface area contributed by atoms with Gasteiger partial charge in [-0.2, -0.15) is 5.26 Å². The van der Waals surface area contributed by atoms with Gasteiger partial charge in [-0.15, -0.1) is 5.10 Å². The number of nitrogens with zero attached hydrogens (tertiary/aromatic N) is 5. The molecule has 0 N–H and O–H groups in total. The van der Waals surface area contributed by atoms with Crippen molar-refractivity contribution in [3.63, 3.8) is 0 Å². The Morgan fingerprint density at radius 1 is 0.957 bits per heavy atom. The van der Waals surface area contributed by atoms with Gasteiger partial charge in [0, 0.05) is 29.7 Å².